The molecule has 3 rings (SSSR count). The molecule has 0 aliphatic heterocycles. The van der Waals surface area contributed by atoms with Crippen LogP contribution < -0.4 is 21.1 Å². The molecule has 0 saturated heterocycles. The zero-order valence-corrected chi connectivity index (χ0v) is 16.8. The van der Waals surface area contributed by atoms with Crippen molar-refractivity contribution in [3.63, 3.8) is 0 Å². The topological polar surface area (TPSA) is 111 Å². The van der Waals surface area contributed by atoms with Crippen molar-refractivity contribution in [2.75, 3.05) is 11.9 Å². The van der Waals surface area contributed by atoms with Crippen LogP contribution in [0.15, 0.2) is 78.9 Å². The smallest absolute Gasteiger partial charge is 0.255 e. The van der Waals surface area contributed by atoms with Crippen molar-refractivity contribution < 1.29 is 19.1 Å². The molecule has 0 saturated carbocycles. The predicted octanol–water partition coefficient (Wildman–Crippen LogP) is 3.12. The Morgan fingerprint density at radius 2 is 1.48 bits per heavy atom. The molecule has 4 N–H and O–H groups in total. The Morgan fingerprint density at radius 3 is 2.19 bits per heavy atom. The number of hydrogen-bond acceptors (Lipinski definition) is 4. The molecule has 0 aromatic heterocycles. The number of carbonyl (C=O) groups is 3. The van der Waals surface area contributed by atoms with Crippen molar-refractivity contribution in [3.8, 4) is 5.75 Å². The van der Waals surface area contributed by atoms with Crippen molar-refractivity contribution >= 4 is 23.4 Å². The summed E-state index contributed by atoms with van der Waals surface area (Å²) in [6.07, 6.45) is 0.0423. The summed E-state index contributed by atoms with van der Waals surface area (Å²) >= 11 is 0. The number of amides is 3. The molecule has 7 heteroatoms. The fourth-order valence-electron chi connectivity index (χ4n) is 2.81. The van der Waals surface area contributed by atoms with Crippen molar-refractivity contribution in [3.05, 3.63) is 95.6 Å². The Labute approximate surface area is 180 Å². The van der Waals surface area contributed by atoms with E-state index in [0.717, 1.165) is 11.3 Å². The molecule has 158 valence electrons. The van der Waals surface area contributed by atoms with Gasteiger partial charge in [0.05, 0.1) is 11.3 Å². The quantitative estimate of drug-likeness (QED) is 0.497. The lowest BCUT2D eigenvalue weighted by Gasteiger charge is -2.12. The first-order chi connectivity index (χ1) is 15.0. The Balaban J connectivity index is 1.61. The normalized spacial score (nSPS) is 10.2. The standard InChI is InChI=1S/C24H23N3O4/c25-22(28)14-15-26-24(30)20-8-4-5-9-21(20)27-23(29)18-12-10-17(11-13-18)16-31-19-6-2-1-3-7-19/h1-13H,14-16H2,(H2,25,28)(H,26,30)(H,27,29). The average molecular weight is 417 g/mol. The Hall–Kier alpha value is -4.13. The lowest BCUT2D eigenvalue weighted by atomic mass is 10.1. The molecule has 0 spiro atoms. The number of nitrogens with one attached hydrogen (secondary N) is 2. The van der Waals surface area contributed by atoms with Crippen LogP contribution in [0.25, 0.3) is 0 Å². The van der Waals surface area contributed by atoms with Gasteiger partial charge in [0.1, 0.15) is 12.4 Å². The van der Waals surface area contributed by atoms with Gasteiger partial charge in [-0.05, 0) is 42.0 Å². The number of benzene rings is 3. The van der Waals surface area contributed by atoms with E-state index >= 15 is 0 Å². The first kappa shape index (κ1) is 21.6. The van der Waals surface area contributed by atoms with E-state index in [4.69, 9.17) is 10.5 Å². The maximum absolute atomic E-state index is 12.6. The molecule has 0 fully saturated rings. The van der Waals surface area contributed by atoms with E-state index in [-0.39, 0.29) is 18.9 Å². The highest BCUT2D eigenvalue weighted by Crippen LogP contribution is 2.17. The number of nitrogens with two attached hydrogens (primary N) is 1. The van der Waals surface area contributed by atoms with Crippen LogP contribution in [0, 0.1) is 0 Å². The first-order valence-corrected chi connectivity index (χ1v) is 9.76. The summed E-state index contributed by atoms with van der Waals surface area (Å²) in [6, 6.07) is 23.2. The van der Waals surface area contributed by atoms with E-state index in [1.54, 1.807) is 36.4 Å². The molecular weight excluding hydrogens is 394 g/mol. The van der Waals surface area contributed by atoms with Crippen molar-refractivity contribution in [1.29, 1.82) is 0 Å². The first-order valence-electron chi connectivity index (χ1n) is 9.76. The molecular formula is C24H23N3O4. The summed E-state index contributed by atoms with van der Waals surface area (Å²) in [6.45, 7) is 0.517. The Bertz CT molecular complexity index is 1050. The van der Waals surface area contributed by atoms with Crippen LogP contribution in [0.5, 0.6) is 5.75 Å². The van der Waals surface area contributed by atoms with E-state index in [2.05, 4.69) is 10.6 Å². The monoisotopic (exact) mass is 417 g/mol. The zero-order chi connectivity index (χ0) is 22.1. The molecule has 7 nitrogen and oxygen atoms in total. The molecule has 31 heavy (non-hydrogen) atoms. The largest absolute Gasteiger partial charge is 0.489 e. The van der Waals surface area contributed by atoms with Gasteiger partial charge in [-0.1, -0.05) is 42.5 Å². The summed E-state index contributed by atoms with van der Waals surface area (Å²) in [5, 5.41) is 5.38. The second-order valence-corrected chi connectivity index (χ2v) is 6.77. The number of anilines is 1. The lowest BCUT2D eigenvalue weighted by molar-refractivity contribution is -0.117. The second-order valence-electron chi connectivity index (χ2n) is 6.77. The summed E-state index contributed by atoms with van der Waals surface area (Å²) in [7, 11) is 0. The number of rotatable bonds is 9. The summed E-state index contributed by atoms with van der Waals surface area (Å²) in [4.78, 5) is 35.8. The molecule has 3 amide bonds. The van der Waals surface area contributed by atoms with Crippen LogP contribution in [0.1, 0.15) is 32.7 Å². The third kappa shape index (κ3) is 6.43. The molecule has 0 bridgehead atoms. The lowest BCUT2D eigenvalue weighted by Crippen LogP contribution is -2.28. The number of primary amides is 1. The van der Waals surface area contributed by atoms with Crippen molar-refractivity contribution in [2.24, 2.45) is 5.73 Å². The Kier molecular flexibility index (Phi) is 7.37. The highest BCUT2D eigenvalue weighted by atomic mass is 16.5. The van der Waals surface area contributed by atoms with Gasteiger partial charge in [-0.3, -0.25) is 14.4 Å². The fourth-order valence-corrected chi connectivity index (χ4v) is 2.81. The van der Waals surface area contributed by atoms with Gasteiger partial charge in [-0.15, -0.1) is 0 Å². The van der Waals surface area contributed by atoms with Gasteiger partial charge < -0.3 is 21.1 Å². The van der Waals surface area contributed by atoms with E-state index in [1.807, 2.05) is 42.5 Å². The number of para-hydroxylation sites is 2. The SMILES string of the molecule is NC(=O)CCNC(=O)c1ccccc1NC(=O)c1ccc(COc2ccccc2)cc1. The average Bonchev–Trinajstić information content (AvgIpc) is 2.78. The molecule has 0 aliphatic rings. The van der Waals surface area contributed by atoms with Crippen molar-refractivity contribution in [1.82, 2.24) is 5.32 Å². The van der Waals surface area contributed by atoms with Gasteiger partial charge in [-0.2, -0.15) is 0 Å². The molecule has 0 unspecified atom stereocenters. The number of ether oxygens (including phenoxy) is 1. The molecule has 3 aromatic rings. The predicted molar refractivity (Wildman–Crippen MR) is 118 cm³/mol. The number of carbonyl (C=O) groups excluding carboxylic acids is 3. The van der Waals surface area contributed by atoms with Gasteiger partial charge in [0.2, 0.25) is 5.91 Å². The molecule has 0 radical (unpaired) electrons. The zero-order valence-electron chi connectivity index (χ0n) is 16.8. The van der Waals surface area contributed by atoms with E-state index in [9.17, 15) is 14.4 Å². The van der Waals surface area contributed by atoms with Gasteiger partial charge in [0.15, 0.2) is 0 Å². The summed E-state index contributed by atoms with van der Waals surface area (Å²) in [5.41, 5.74) is 7.13. The van der Waals surface area contributed by atoms with Gasteiger partial charge >= 0.3 is 0 Å². The van der Waals surface area contributed by atoms with Crippen LogP contribution in [0.4, 0.5) is 5.69 Å². The maximum atomic E-state index is 12.6. The number of hydrogen-bond donors (Lipinski definition) is 3. The van der Waals surface area contributed by atoms with Gasteiger partial charge in [0, 0.05) is 18.5 Å². The third-order valence-electron chi connectivity index (χ3n) is 4.44. The third-order valence-corrected chi connectivity index (χ3v) is 4.44. The maximum Gasteiger partial charge on any atom is 0.255 e. The minimum Gasteiger partial charge on any atom is -0.489 e. The molecule has 0 heterocycles. The molecule has 3 aromatic carbocycles. The van der Waals surface area contributed by atoms with Crippen molar-refractivity contribution in [2.45, 2.75) is 13.0 Å². The van der Waals surface area contributed by atoms with Gasteiger partial charge in [0.25, 0.3) is 11.8 Å². The van der Waals surface area contributed by atoms with Crippen LogP contribution in [-0.2, 0) is 11.4 Å². The molecule has 0 aliphatic carbocycles. The summed E-state index contributed by atoms with van der Waals surface area (Å²) in [5.74, 6) is -0.465. The van der Waals surface area contributed by atoms with E-state index < -0.39 is 11.8 Å². The molecule has 0 atom stereocenters. The summed E-state index contributed by atoms with van der Waals surface area (Å²) < 4.78 is 5.70. The van der Waals surface area contributed by atoms with Crippen LogP contribution in [0.3, 0.4) is 0 Å². The highest BCUT2D eigenvalue weighted by molar-refractivity contribution is 6.09. The van der Waals surface area contributed by atoms with Crippen LogP contribution >= 0.6 is 0 Å². The van der Waals surface area contributed by atoms with Crippen LogP contribution in [0.2, 0.25) is 0 Å². The van der Waals surface area contributed by atoms with E-state index in [0.29, 0.717) is 23.4 Å². The van der Waals surface area contributed by atoms with Crippen LogP contribution in [-0.4, -0.2) is 24.3 Å². The van der Waals surface area contributed by atoms with E-state index in [1.165, 1.54) is 0 Å². The minimum atomic E-state index is -0.500. The second kappa shape index (κ2) is 10.6. The highest BCUT2D eigenvalue weighted by Gasteiger charge is 2.14. The fraction of sp³-hybridized carbons (Fsp3) is 0.125. The Morgan fingerprint density at radius 1 is 0.806 bits per heavy atom. The minimum absolute atomic E-state index is 0.0423. The van der Waals surface area contributed by atoms with Gasteiger partial charge in [-0.25, -0.2) is 0 Å².